The highest BCUT2D eigenvalue weighted by molar-refractivity contribution is 6.10. The maximum atomic E-state index is 12.7. The topological polar surface area (TPSA) is 105 Å². The fourth-order valence-corrected chi connectivity index (χ4v) is 3.56. The molecule has 2 fully saturated rings. The van der Waals surface area contributed by atoms with Crippen LogP contribution in [0.15, 0.2) is 0 Å². The summed E-state index contributed by atoms with van der Waals surface area (Å²) in [5, 5.41) is 5.74. The summed E-state index contributed by atoms with van der Waals surface area (Å²) < 4.78 is 0. The minimum Gasteiger partial charge on any atom is -0.348 e. The maximum Gasteiger partial charge on any atom is 0.325 e. The Labute approximate surface area is 137 Å². The Morgan fingerprint density at radius 3 is 2.39 bits per heavy atom. The van der Waals surface area contributed by atoms with E-state index >= 15 is 0 Å². The highest BCUT2D eigenvalue weighted by atomic mass is 16.2. The number of hydrogen-bond donors (Lipinski definition) is 3. The molecule has 0 aromatic rings. The number of carbonyl (C=O) groups excluding carboxylic acids is 3. The number of hydrogen-bond acceptors (Lipinski definition) is 4. The van der Waals surface area contributed by atoms with Crippen LogP contribution < -0.4 is 16.4 Å². The van der Waals surface area contributed by atoms with Crippen LogP contribution >= 0.6 is 0 Å². The first-order chi connectivity index (χ1) is 10.8. The summed E-state index contributed by atoms with van der Waals surface area (Å²) in [5.41, 5.74) is 4.53. The zero-order chi connectivity index (χ0) is 17.3. The van der Waals surface area contributed by atoms with Crippen molar-refractivity contribution in [2.75, 3.05) is 6.54 Å². The van der Waals surface area contributed by atoms with Gasteiger partial charge in [0.2, 0.25) is 5.91 Å². The molecule has 2 rings (SSSR count). The van der Waals surface area contributed by atoms with E-state index in [-0.39, 0.29) is 11.8 Å². The normalized spacial score (nSPS) is 21.7. The van der Waals surface area contributed by atoms with Gasteiger partial charge in [-0.25, -0.2) is 9.69 Å². The number of imide groups is 1. The molecular weight excluding hydrogens is 296 g/mol. The van der Waals surface area contributed by atoms with Crippen LogP contribution in [0, 0.1) is 0 Å². The monoisotopic (exact) mass is 324 g/mol. The molecule has 4 amide bonds. The van der Waals surface area contributed by atoms with Crippen molar-refractivity contribution in [2.45, 2.75) is 76.4 Å². The summed E-state index contributed by atoms with van der Waals surface area (Å²) >= 11 is 0. The van der Waals surface area contributed by atoms with Gasteiger partial charge >= 0.3 is 6.03 Å². The molecule has 0 aromatic carbocycles. The Hall–Kier alpha value is -1.63. The van der Waals surface area contributed by atoms with Gasteiger partial charge in [-0.15, -0.1) is 0 Å². The van der Waals surface area contributed by atoms with Crippen LogP contribution in [0.4, 0.5) is 4.79 Å². The van der Waals surface area contributed by atoms with Crippen molar-refractivity contribution >= 4 is 17.8 Å². The standard InChI is InChI=1S/C16H28N4O3/c1-4-15(5-2,10-17)18-12(21)11(3)20-13(22)16(19-14(20)23)8-6-7-9-16/h11H,4-10,17H2,1-3H3,(H,18,21)(H,19,23). The van der Waals surface area contributed by atoms with E-state index in [2.05, 4.69) is 10.6 Å². The van der Waals surface area contributed by atoms with Gasteiger partial charge in [0.15, 0.2) is 0 Å². The summed E-state index contributed by atoms with van der Waals surface area (Å²) in [6.45, 7) is 5.83. The molecule has 4 N–H and O–H groups in total. The van der Waals surface area contributed by atoms with Crippen LogP contribution in [0.25, 0.3) is 0 Å². The molecule has 7 heteroatoms. The van der Waals surface area contributed by atoms with E-state index in [1.165, 1.54) is 0 Å². The van der Waals surface area contributed by atoms with Crippen molar-refractivity contribution in [1.82, 2.24) is 15.5 Å². The lowest BCUT2D eigenvalue weighted by molar-refractivity contribution is -0.138. The lowest BCUT2D eigenvalue weighted by Gasteiger charge is -2.34. The van der Waals surface area contributed by atoms with E-state index in [1.54, 1.807) is 6.92 Å². The van der Waals surface area contributed by atoms with Crippen molar-refractivity contribution in [3.63, 3.8) is 0 Å². The van der Waals surface area contributed by atoms with Crippen molar-refractivity contribution in [2.24, 2.45) is 5.73 Å². The van der Waals surface area contributed by atoms with Crippen LogP contribution in [0.5, 0.6) is 0 Å². The summed E-state index contributed by atoms with van der Waals surface area (Å²) in [7, 11) is 0. The van der Waals surface area contributed by atoms with Gasteiger partial charge in [0.1, 0.15) is 11.6 Å². The SMILES string of the molecule is CCC(CC)(CN)NC(=O)C(C)N1C(=O)NC2(CCCC2)C1=O. The molecule has 2 aliphatic rings. The Morgan fingerprint density at radius 2 is 1.91 bits per heavy atom. The molecule has 23 heavy (non-hydrogen) atoms. The quantitative estimate of drug-likeness (QED) is 0.631. The maximum absolute atomic E-state index is 12.7. The summed E-state index contributed by atoms with van der Waals surface area (Å²) in [6, 6.07) is -1.31. The second-order valence-electron chi connectivity index (χ2n) is 6.75. The summed E-state index contributed by atoms with van der Waals surface area (Å²) in [5.74, 6) is -0.605. The van der Waals surface area contributed by atoms with Gasteiger partial charge in [-0.3, -0.25) is 9.59 Å². The van der Waals surface area contributed by atoms with Crippen molar-refractivity contribution < 1.29 is 14.4 Å². The molecule has 1 saturated heterocycles. The minimum absolute atomic E-state index is 0.269. The highest BCUT2D eigenvalue weighted by Gasteiger charge is 2.54. The Kier molecular flexibility index (Phi) is 4.98. The molecule has 0 radical (unpaired) electrons. The first-order valence-corrected chi connectivity index (χ1v) is 8.52. The largest absolute Gasteiger partial charge is 0.348 e. The number of nitrogens with zero attached hydrogens (tertiary/aromatic N) is 1. The molecule has 130 valence electrons. The molecule has 1 unspecified atom stereocenters. The number of urea groups is 1. The van der Waals surface area contributed by atoms with E-state index in [9.17, 15) is 14.4 Å². The van der Waals surface area contributed by atoms with E-state index < -0.39 is 23.2 Å². The van der Waals surface area contributed by atoms with Crippen LogP contribution in [0.1, 0.15) is 59.3 Å². The zero-order valence-corrected chi connectivity index (χ0v) is 14.3. The fraction of sp³-hybridized carbons (Fsp3) is 0.812. The van der Waals surface area contributed by atoms with Crippen LogP contribution in [-0.2, 0) is 9.59 Å². The van der Waals surface area contributed by atoms with Gasteiger partial charge in [-0.1, -0.05) is 26.7 Å². The second-order valence-corrected chi connectivity index (χ2v) is 6.75. The van der Waals surface area contributed by atoms with Crippen LogP contribution in [0.2, 0.25) is 0 Å². The fourth-order valence-electron chi connectivity index (χ4n) is 3.56. The van der Waals surface area contributed by atoms with E-state index in [0.29, 0.717) is 32.2 Å². The zero-order valence-electron chi connectivity index (χ0n) is 14.3. The van der Waals surface area contributed by atoms with Crippen molar-refractivity contribution in [1.29, 1.82) is 0 Å². The van der Waals surface area contributed by atoms with Crippen LogP contribution in [-0.4, -0.2) is 46.4 Å². The third kappa shape index (κ3) is 2.94. The van der Waals surface area contributed by atoms with Crippen LogP contribution in [0.3, 0.4) is 0 Å². The van der Waals surface area contributed by atoms with Gasteiger partial charge in [-0.05, 0) is 32.6 Å². The average molecular weight is 324 g/mol. The average Bonchev–Trinajstić information content (AvgIpc) is 3.10. The predicted molar refractivity (Wildman–Crippen MR) is 86.5 cm³/mol. The van der Waals surface area contributed by atoms with Gasteiger partial charge < -0.3 is 16.4 Å². The molecule has 1 aliphatic carbocycles. The number of rotatable bonds is 6. The van der Waals surface area contributed by atoms with Gasteiger partial charge in [0.25, 0.3) is 5.91 Å². The minimum atomic E-state index is -0.841. The highest BCUT2D eigenvalue weighted by Crippen LogP contribution is 2.35. The number of carbonyl (C=O) groups is 3. The Balaban J connectivity index is 2.13. The molecule has 1 spiro atoms. The molecule has 0 bridgehead atoms. The number of amides is 4. The molecule has 1 heterocycles. The molecule has 1 aliphatic heterocycles. The predicted octanol–water partition coefficient (Wildman–Crippen LogP) is 0.873. The summed E-state index contributed by atoms with van der Waals surface area (Å²) in [4.78, 5) is 38.6. The smallest absolute Gasteiger partial charge is 0.325 e. The van der Waals surface area contributed by atoms with Crippen molar-refractivity contribution in [3.8, 4) is 0 Å². The van der Waals surface area contributed by atoms with E-state index in [1.807, 2.05) is 13.8 Å². The van der Waals surface area contributed by atoms with E-state index in [0.717, 1.165) is 17.7 Å². The Bertz CT molecular complexity index is 487. The molecule has 7 nitrogen and oxygen atoms in total. The molecular formula is C16H28N4O3. The molecule has 1 atom stereocenters. The lowest BCUT2D eigenvalue weighted by atomic mass is 9.92. The lowest BCUT2D eigenvalue weighted by Crippen LogP contribution is -2.58. The van der Waals surface area contributed by atoms with Gasteiger partial charge in [0, 0.05) is 6.54 Å². The van der Waals surface area contributed by atoms with Gasteiger partial charge in [0.05, 0.1) is 5.54 Å². The van der Waals surface area contributed by atoms with Gasteiger partial charge in [-0.2, -0.15) is 0 Å². The number of nitrogens with one attached hydrogen (secondary N) is 2. The Morgan fingerprint density at radius 1 is 1.35 bits per heavy atom. The first-order valence-electron chi connectivity index (χ1n) is 8.52. The third-order valence-corrected chi connectivity index (χ3v) is 5.55. The summed E-state index contributed by atoms with van der Waals surface area (Å²) in [6.07, 6.45) is 4.54. The number of nitrogens with two attached hydrogens (primary N) is 1. The molecule has 0 aromatic heterocycles. The van der Waals surface area contributed by atoms with E-state index in [4.69, 9.17) is 5.73 Å². The third-order valence-electron chi connectivity index (χ3n) is 5.55. The van der Waals surface area contributed by atoms with Crippen molar-refractivity contribution in [3.05, 3.63) is 0 Å². The first kappa shape index (κ1) is 17.7. The molecule has 1 saturated carbocycles. The second kappa shape index (κ2) is 6.47.